The van der Waals surface area contributed by atoms with E-state index in [-0.39, 0.29) is 0 Å². The third-order valence-corrected chi connectivity index (χ3v) is 4.10. The summed E-state index contributed by atoms with van der Waals surface area (Å²) in [5, 5.41) is 0. The molecule has 0 saturated heterocycles. The summed E-state index contributed by atoms with van der Waals surface area (Å²) < 4.78 is 1.07. The molecule has 0 aromatic carbocycles. The second kappa shape index (κ2) is 8.76. The normalized spacial score (nSPS) is 12.4. The molecule has 0 aliphatic carbocycles. The van der Waals surface area contributed by atoms with Gasteiger partial charge in [0.1, 0.15) is 8.64 Å². The fourth-order valence-electron chi connectivity index (χ4n) is 0.912. The Hall–Kier alpha value is 0.480. The lowest BCUT2D eigenvalue weighted by molar-refractivity contribution is 0.589. The Labute approximate surface area is 105 Å². The van der Waals surface area contributed by atoms with Crippen molar-refractivity contribution in [1.82, 2.24) is 0 Å². The second-order valence-corrected chi connectivity index (χ2v) is 6.64. The van der Waals surface area contributed by atoms with Crippen LogP contribution >= 0.6 is 48.0 Å². The zero-order valence-corrected chi connectivity index (χ0v) is 11.5. The lowest BCUT2D eigenvalue weighted by atomic mass is 10.1. The molecular formula is C8H16N2S4. The van der Waals surface area contributed by atoms with Crippen LogP contribution in [0.15, 0.2) is 0 Å². The van der Waals surface area contributed by atoms with Gasteiger partial charge in [0.15, 0.2) is 0 Å². The molecule has 4 N–H and O–H groups in total. The maximum atomic E-state index is 5.39. The zero-order valence-electron chi connectivity index (χ0n) is 8.19. The zero-order chi connectivity index (χ0) is 11.0. The van der Waals surface area contributed by atoms with Gasteiger partial charge in [0.25, 0.3) is 0 Å². The number of hydrogen-bond donors (Lipinski definition) is 2. The summed E-state index contributed by atoms with van der Waals surface area (Å²) in [6.07, 6.45) is 2.31. The van der Waals surface area contributed by atoms with Gasteiger partial charge in [-0.2, -0.15) is 0 Å². The molecule has 0 fully saturated rings. The molecule has 14 heavy (non-hydrogen) atoms. The summed E-state index contributed by atoms with van der Waals surface area (Å²) >= 11 is 12.7. The molecule has 0 aromatic heterocycles. The van der Waals surface area contributed by atoms with Gasteiger partial charge in [-0.25, -0.2) is 0 Å². The molecule has 82 valence electrons. The van der Waals surface area contributed by atoms with Gasteiger partial charge in [-0.1, -0.05) is 54.9 Å². The SMILES string of the molecule is CC(CCCSC(N)=S)CSC(N)=S. The Balaban J connectivity index is 3.30. The molecule has 6 heteroatoms. The smallest absolute Gasteiger partial charge is 0.131 e. The predicted octanol–water partition coefficient (Wildman–Crippen LogP) is 2.36. The van der Waals surface area contributed by atoms with Gasteiger partial charge in [-0.05, 0) is 18.8 Å². The Morgan fingerprint density at radius 3 is 2.29 bits per heavy atom. The van der Waals surface area contributed by atoms with Crippen molar-refractivity contribution >= 4 is 56.6 Å². The molecule has 1 unspecified atom stereocenters. The minimum Gasteiger partial charge on any atom is -0.385 e. The number of rotatable bonds is 6. The number of thioether (sulfide) groups is 2. The largest absolute Gasteiger partial charge is 0.385 e. The van der Waals surface area contributed by atoms with Crippen LogP contribution in [0.3, 0.4) is 0 Å². The quantitative estimate of drug-likeness (QED) is 0.570. The van der Waals surface area contributed by atoms with Crippen LogP contribution < -0.4 is 11.5 Å². The molecule has 1 atom stereocenters. The first-order chi connectivity index (χ1) is 6.52. The first-order valence-electron chi connectivity index (χ1n) is 4.37. The standard InChI is InChI=1S/C8H16N2S4/c1-6(5-14-8(10)12)3-2-4-13-7(9)11/h6H,2-5H2,1H3,(H2,9,11)(H2,10,12). The topological polar surface area (TPSA) is 52.0 Å². The third-order valence-electron chi connectivity index (χ3n) is 1.60. The number of nitrogens with two attached hydrogens (primary N) is 2. The van der Waals surface area contributed by atoms with E-state index in [4.69, 9.17) is 35.9 Å². The monoisotopic (exact) mass is 268 g/mol. The van der Waals surface area contributed by atoms with Crippen LogP contribution in [0, 0.1) is 5.92 Å². The van der Waals surface area contributed by atoms with E-state index in [1.807, 2.05) is 0 Å². The van der Waals surface area contributed by atoms with Crippen molar-refractivity contribution in [3.8, 4) is 0 Å². The van der Waals surface area contributed by atoms with Gasteiger partial charge in [0.2, 0.25) is 0 Å². The minimum absolute atomic E-state index is 0.536. The third kappa shape index (κ3) is 10.6. The molecule has 0 aromatic rings. The van der Waals surface area contributed by atoms with E-state index in [1.165, 1.54) is 6.42 Å². The van der Waals surface area contributed by atoms with Crippen LogP contribution in [0.2, 0.25) is 0 Å². The average Bonchev–Trinajstić information content (AvgIpc) is 2.08. The van der Waals surface area contributed by atoms with Crippen molar-refractivity contribution in [3.63, 3.8) is 0 Å². The van der Waals surface area contributed by atoms with E-state index in [0.717, 1.165) is 17.9 Å². The van der Waals surface area contributed by atoms with Crippen molar-refractivity contribution in [2.45, 2.75) is 19.8 Å². The first kappa shape index (κ1) is 14.5. The second-order valence-electron chi connectivity index (χ2n) is 3.04. The van der Waals surface area contributed by atoms with E-state index >= 15 is 0 Å². The van der Waals surface area contributed by atoms with Crippen LogP contribution in [-0.4, -0.2) is 20.1 Å². The molecule has 2 nitrogen and oxygen atoms in total. The van der Waals surface area contributed by atoms with E-state index in [0.29, 0.717) is 14.6 Å². The maximum Gasteiger partial charge on any atom is 0.131 e. The summed E-state index contributed by atoms with van der Waals surface area (Å²) in [5.41, 5.74) is 10.8. The predicted molar refractivity (Wildman–Crippen MR) is 76.9 cm³/mol. The van der Waals surface area contributed by atoms with E-state index < -0.39 is 0 Å². The van der Waals surface area contributed by atoms with Crippen molar-refractivity contribution in [3.05, 3.63) is 0 Å². The highest BCUT2D eigenvalue weighted by molar-refractivity contribution is 8.23. The Morgan fingerprint density at radius 1 is 1.21 bits per heavy atom. The van der Waals surface area contributed by atoms with Crippen LogP contribution in [0.5, 0.6) is 0 Å². The van der Waals surface area contributed by atoms with Crippen LogP contribution in [0.1, 0.15) is 19.8 Å². The summed E-state index contributed by atoms with van der Waals surface area (Å²) in [7, 11) is 0. The van der Waals surface area contributed by atoms with Crippen LogP contribution in [-0.2, 0) is 0 Å². The van der Waals surface area contributed by atoms with Crippen LogP contribution in [0.25, 0.3) is 0 Å². The summed E-state index contributed by atoms with van der Waals surface area (Å²) in [6, 6.07) is 0. The van der Waals surface area contributed by atoms with E-state index in [1.54, 1.807) is 23.5 Å². The number of thiocarbonyl (C=S) groups is 2. The Morgan fingerprint density at radius 2 is 1.79 bits per heavy atom. The van der Waals surface area contributed by atoms with Gasteiger partial charge >= 0.3 is 0 Å². The Kier molecular flexibility index (Phi) is 9.06. The summed E-state index contributed by atoms with van der Waals surface area (Å²) in [6.45, 7) is 2.21. The molecule has 0 aliphatic heterocycles. The molecule has 0 rings (SSSR count). The Bertz CT molecular complexity index is 196. The molecule has 0 heterocycles. The molecule has 0 saturated carbocycles. The van der Waals surface area contributed by atoms with Gasteiger partial charge < -0.3 is 11.5 Å². The van der Waals surface area contributed by atoms with Gasteiger partial charge in [0, 0.05) is 11.5 Å². The lowest BCUT2D eigenvalue weighted by Crippen LogP contribution is -2.08. The van der Waals surface area contributed by atoms with E-state index in [2.05, 4.69) is 6.92 Å². The fraction of sp³-hybridized carbons (Fsp3) is 0.750. The molecular weight excluding hydrogens is 252 g/mol. The first-order valence-corrected chi connectivity index (χ1v) is 7.15. The lowest BCUT2D eigenvalue weighted by Gasteiger charge is -2.09. The van der Waals surface area contributed by atoms with Crippen LogP contribution in [0.4, 0.5) is 0 Å². The van der Waals surface area contributed by atoms with Gasteiger partial charge in [-0.15, -0.1) is 0 Å². The highest BCUT2D eigenvalue weighted by Crippen LogP contribution is 2.15. The summed E-state index contributed by atoms with van der Waals surface area (Å²) in [5.74, 6) is 2.67. The van der Waals surface area contributed by atoms with Gasteiger partial charge in [-0.3, -0.25) is 0 Å². The van der Waals surface area contributed by atoms with E-state index in [9.17, 15) is 0 Å². The minimum atomic E-state index is 0.536. The molecule has 0 spiro atoms. The highest BCUT2D eigenvalue weighted by atomic mass is 32.2. The summed E-state index contributed by atoms with van der Waals surface area (Å²) in [4.78, 5) is 0. The van der Waals surface area contributed by atoms with Gasteiger partial charge in [0.05, 0.1) is 0 Å². The maximum absolute atomic E-state index is 5.39. The fourth-order valence-corrected chi connectivity index (χ4v) is 2.49. The number of hydrogen-bond acceptors (Lipinski definition) is 4. The van der Waals surface area contributed by atoms with Crippen molar-refractivity contribution in [1.29, 1.82) is 0 Å². The molecule has 0 aliphatic rings. The highest BCUT2D eigenvalue weighted by Gasteiger charge is 2.03. The average molecular weight is 268 g/mol. The molecule has 0 amide bonds. The molecule has 0 radical (unpaired) electrons. The van der Waals surface area contributed by atoms with Crippen molar-refractivity contribution in [2.24, 2.45) is 17.4 Å². The molecule has 0 bridgehead atoms. The van der Waals surface area contributed by atoms with Crippen molar-refractivity contribution < 1.29 is 0 Å². The van der Waals surface area contributed by atoms with Crippen molar-refractivity contribution in [2.75, 3.05) is 11.5 Å².